The third kappa shape index (κ3) is 3.57. The minimum atomic E-state index is -0.362. The number of fused-ring (bicyclic) bond motifs is 1. The van der Waals surface area contributed by atoms with E-state index >= 15 is 0 Å². The number of aryl methyl sites for hydroxylation is 1. The molecular weight excluding hydrogens is 344 g/mol. The minimum Gasteiger partial charge on any atom is -0.487 e. The molecule has 0 bridgehead atoms. The summed E-state index contributed by atoms with van der Waals surface area (Å²) in [7, 11) is 3.82. The number of hydrogen-bond acceptors (Lipinski definition) is 5. The number of likely N-dealkylation sites (N-methyl/N-ethyl adjacent to an activating group) is 1. The van der Waals surface area contributed by atoms with Crippen LogP contribution in [-0.2, 0) is 4.79 Å². The van der Waals surface area contributed by atoms with Crippen LogP contribution in [0.3, 0.4) is 0 Å². The largest absolute Gasteiger partial charge is 0.487 e. The Balaban J connectivity index is 1.42. The van der Waals surface area contributed by atoms with Gasteiger partial charge in [-0.25, -0.2) is 0 Å². The van der Waals surface area contributed by atoms with Crippen molar-refractivity contribution in [3.05, 3.63) is 53.6 Å². The lowest BCUT2D eigenvalue weighted by molar-refractivity contribution is -0.145. The Morgan fingerprint density at radius 3 is 2.67 bits per heavy atom. The number of rotatable bonds is 5. The molecule has 2 aliphatic rings. The van der Waals surface area contributed by atoms with Crippen LogP contribution in [-0.4, -0.2) is 55.8 Å². The SMILES string of the molecule is Cc1cccc(OC2CN(C(=O)C(c3ccc4c(c3)OCO4)N(C)C)C2)c1. The van der Waals surface area contributed by atoms with Gasteiger partial charge in [-0.05, 0) is 56.4 Å². The standard InChI is InChI=1S/C21H24N2O4/c1-14-5-4-6-16(9-14)27-17-11-23(12-17)21(24)20(22(2)3)15-7-8-18-19(10-15)26-13-25-18/h4-10,17,20H,11-13H2,1-3H3. The number of ether oxygens (including phenoxy) is 3. The van der Waals surface area contributed by atoms with E-state index in [1.54, 1.807) is 0 Å². The highest BCUT2D eigenvalue weighted by molar-refractivity contribution is 5.84. The summed E-state index contributed by atoms with van der Waals surface area (Å²) in [6.45, 7) is 3.46. The van der Waals surface area contributed by atoms with Crippen LogP contribution in [0, 0.1) is 6.92 Å². The van der Waals surface area contributed by atoms with Crippen molar-refractivity contribution in [3.8, 4) is 17.2 Å². The van der Waals surface area contributed by atoms with E-state index in [4.69, 9.17) is 14.2 Å². The van der Waals surface area contributed by atoms with Crippen LogP contribution in [0.5, 0.6) is 17.2 Å². The number of nitrogens with zero attached hydrogens (tertiary/aromatic N) is 2. The summed E-state index contributed by atoms with van der Waals surface area (Å²) in [6, 6.07) is 13.3. The molecule has 0 radical (unpaired) electrons. The van der Waals surface area contributed by atoms with Gasteiger partial charge in [0, 0.05) is 0 Å². The van der Waals surface area contributed by atoms with Crippen molar-refractivity contribution in [2.75, 3.05) is 34.0 Å². The number of carbonyl (C=O) groups excluding carboxylic acids is 1. The Morgan fingerprint density at radius 2 is 1.93 bits per heavy atom. The number of benzene rings is 2. The number of amides is 1. The molecule has 1 unspecified atom stereocenters. The molecule has 0 N–H and O–H groups in total. The molecule has 1 atom stereocenters. The molecule has 6 heteroatoms. The molecule has 1 saturated heterocycles. The van der Waals surface area contributed by atoms with Crippen molar-refractivity contribution >= 4 is 5.91 Å². The monoisotopic (exact) mass is 368 g/mol. The summed E-state index contributed by atoms with van der Waals surface area (Å²) in [5.41, 5.74) is 2.06. The van der Waals surface area contributed by atoms with Crippen molar-refractivity contribution in [2.45, 2.75) is 19.1 Å². The van der Waals surface area contributed by atoms with Gasteiger partial charge in [0.2, 0.25) is 12.7 Å². The first-order valence-electron chi connectivity index (χ1n) is 9.09. The van der Waals surface area contributed by atoms with E-state index < -0.39 is 0 Å². The molecule has 1 fully saturated rings. The Hall–Kier alpha value is -2.73. The lowest BCUT2D eigenvalue weighted by Crippen LogP contribution is -2.58. The van der Waals surface area contributed by atoms with Gasteiger partial charge >= 0.3 is 0 Å². The highest BCUT2D eigenvalue weighted by atomic mass is 16.7. The number of hydrogen-bond donors (Lipinski definition) is 0. The van der Waals surface area contributed by atoms with Crippen molar-refractivity contribution in [1.29, 1.82) is 0 Å². The fraction of sp³-hybridized carbons (Fsp3) is 0.381. The van der Waals surface area contributed by atoms with Crippen molar-refractivity contribution in [2.24, 2.45) is 0 Å². The minimum absolute atomic E-state index is 0.0373. The summed E-state index contributed by atoms with van der Waals surface area (Å²) in [5.74, 6) is 2.34. The Labute approximate surface area is 159 Å². The average molecular weight is 368 g/mol. The van der Waals surface area contributed by atoms with Crippen LogP contribution >= 0.6 is 0 Å². The molecule has 0 saturated carbocycles. The van der Waals surface area contributed by atoms with Crippen molar-refractivity contribution in [1.82, 2.24) is 9.80 Å². The van der Waals surface area contributed by atoms with Crippen LogP contribution in [0.2, 0.25) is 0 Å². The lowest BCUT2D eigenvalue weighted by Gasteiger charge is -2.41. The third-order valence-electron chi connectivity index (χ3n) is 4.91. The van der Waals surface area contributed by atoms with E-state index in [2.05, 4.69) is 0 Å². The van der Waals surface area contributed by atoms with Gasteiger partial charge in [0.25, 0.3) is 0 Å². The molecule has 2 aromatic carbocycles. The molecule has 0 aliphatic carbocycles. The molecule has 27 heavy (non-hydrogen) atoms. The van der Waals surface area contributed by atoms with Gasteiger partial charge in [-0.15, -0.1) is 0 Å². The van der Waals surface area contributed by atoms with Gasteiger partial charge in [-0.1, -0.05) is 18.2 Å². The molecule has 2 aromatic rings. The van der Waals surface area contributed by atoms with Crippen molar-refractivity contribution < 1.29 is 19.0 Å². The first-order chi connectivity index (χ1) is 13.0. The quantitative estimate of drug-likeness (QED) is 0.812. The maximum absolute atomic E-state index is 13.1. The Bertz CT molecular complexity index is 846. The van der Waals surface area contributed by atoms with Gasteiger partial charge < -0.3 is 19.1 Å². The summed E-state index contributed by atoms with van der Waals surface area (Å²) in [4.78, 5) is 16.8. The molecule has 6 nitrogen and oxygen atoms in total. The van der Waals surface area contributed by atoms with Crippen LogP contribution in [0.25, 0.3) is 0 Å². The van der Waals surface area contributed by atoms with Gasteiger partial charge in [-0.2, -0.15) is 0 Å². The molecule has 0 spiro atoms. The second-order valence-corrected chi connectivity index (χ2v) is 7.28. The van der Waals surface area contributed by atoms with Crippen LogP contribution in [0.1, 0.15) is 17.2 Å². The molecule has 142 valence electrons. The summed E-state index contributed by atoms with van der Waals surface area (Å²) in [5, 5.41) is 0. The van der Waals surface area contributed by atoms with E-state index in [9.17, 15) is 4.79 Å². The third-order valence-corrected chi connectivity index (χ3v) is 4.91. The molecular formula is C21H24N2O4. The number of carbonyl (C=O) groups is 1. The summed E-state index contributed by atoms with van der Waals surface area (Å²) in [6.07, 6.45) is 0.0373. The highest BCUT2D eigenvalue weighted by Gasteiger charge is 2.37. The van der Waals surface area contributed by atoms with Gasteiger partial charge in [0.1, 0.15) is 17.9 Å². The maximum Gasteiger partial charge on any atom is 0.244 e. The van der Waals surface area contributed by atoms with Gasteiger partial charge in [-0.3, -0.25) is 9.69 Å². The molecule has 4 rings (SSSR count). The zero-order valence-electron chi connectivity index (χ0n) is 15.8. The fourth-order valence-corrected chi connectivity index (χ4v) is 3.49. The molecule has 0 aromatic heterocycles. The normalized spacial score (nSPS) is 17.0. The number of likely N-dealkylation sites (tertiary alicyclic amines) is 1. The van der Waals surface area contributed by atoms with E-state index in [0.717, 1.165) is 22.6 Å². The zero-order chi connectivity index (χ0) is 19.0. The maximum atomic E-state index is 13.1. The first-order valence-corrected chi connectivity index (χ1v) is 9.09. The summed E-state index contributed by atoms with van der Waals surface area (Å²) < 4.78 is 16.8. The first kappa shape index (κ1) is 17.7. The Morgan fingerprint density at radius 1 is 1.15 bits per heavy atom. The van der Waals surface area contributed by atoms with E-state index in [1.165, 1.54) is 0 Å². The van der Waals surface area contributed by atoms with Crippen LogP contribution in [0.4, 0.5) is 0 Å². The van der Waals surface area contributed by atoms with E-state index in [-0.39, 0.29) is 24.8 Å². The highest BCUT2D eigenvalue weighted by Crippen LogP contribution is 2.36. The second-order valence-electron chi connectivity index (χ2n) is 7.28. The fourth-order valence-electron chi connectivity index (χ4n) is 3.49. The van der Waals surface area contributed by atoms with Gasteiger partial charge in [0.05, 0.1) is 13.1 Å². The molecule has 2 aliphatic heterocycles. The topological polar surface area (TPSA) is 51.2 Å². The van der Waals surface area contributed by atoms with E-state index in [1.807, 2.05) is 73.3 Å². The van der Waals surface area contributed by atoms with Gasteiger partial charge in [0.15, 0.2) is 11.5 Å². The van der Waals surface area contributed by atoms with Crippen LogP contribution < -0.4 is 14.2 Å². The predicted molar refractivity (Wildman–Crippen MR) is 101 cm³/mol. The van der Waals surface area contributed by atoms with Crippen LogP contribution in [0.15, 0.2) is 42.5 Å². The lowest BCUT2D eigenvalue weighted by atomic mass is 10.0. The molecule has 1 amide bonds. The van der Waals surface area contributed by atoms with E-state index in [0.29, 0.717) is 18.8 Å². The second kappa shape index (κ2) is 7.12. The average Bonchev–Trinajstić information content (AvgIpc) is 3.05. The van der Waals surface area contributed by atoms with Crippen molar-refractivity contribution in [3.63, 3.8) is 0 Å². The molecule has 2 heterocycles. The smallest absolute Gasteiger partial charge is 0.244 e. The predicted octanol–water partition coefficient (Wildman–Crippen LogP) is 2.62. The Kier molecular flexibility index (Phi) is 4.66. The summed E-state index contributed by atoms with van der Waals surface area (Å²) >= 11 is 0. The zero-order valence-corrected chi connectivity index (χ0v) is 15.8.